The summed E-state index contributed by atoms with van der Waals surface area (Å²) in [4.78, 5) is 23.1. The molecule has 1 amide bonds. The number of para-hydroxylation sites is 1. The number of nitrogens with one attached hydrogen (secondary N) is 1. The molecule has 1 heterocycles. The minimum absolute atomic E-state index is 0.00176. The monoisotopic (exact) mass is 329 g/mol. The third-order valence-electron chi connectivity index (χ3n) is 4.65. The van der Waals surface area contributed by atoms with Crippen LogP contribution < -0.4 is 10.1 Å². The highest BCUT2D eigenvalue weighted by Gasteiger charge is 2.41. The van der Waals surface area contributed by atoms with Gasteiger partial charge in [-0.2, -0.15) is 0 Å². The van der Waals surface area contributed by atoms with Crippen LogP contribution in [0.2, 0.25) is 0 Å². The maximum absolute atomic E-state index is 12.2. The zero-order chi connectivity index (χ0) is 17.2. The van der Waals surface area contributed by atoms with Crippen molar-refractivity contribution in [3.8, 4) is 5.75 Å². The van der Waals surface area contributed by atoms with Crippen molar-refractivity contribution in [1.82, 2.24) is 5.32 Å². The summed E-state index contributed by atoms with van der Waals surface area (Å²) in [5.74, 6) is -0.717. The number of amides is 1. The van der Waals surface area contributed by atoms with Crippen molar-refractivity contribution < 1.29 is 23.8 Å². The van der Waals surface area contributed by atoms with E-state index in [-0.39, 0.29) is 16.7 Å². The number of aromatic carboxylic acids is 1. The summed E-state index contributed by atoms with van der Waals surface area (Å²) in [5.41, 5.74) is 0.901. The Kier molecular flexibility index (Phi) is 4.29. The first kappa shape index (κ1) is 16.1. The molecule has 2 N–H and O–H groups in total. The van der Waals surface area contributed by atoms with E-state index in [1.165, 1.54) is 6.07 Å². The second kappa shape index (κ2) is 6.39. The fraction of sp³-hybridized carbons (Fsp3) is 0.333. The Labute approximate surface area is 139 Å². The molecule has 0 atom stereocenters. The predicted molar refractivity (Wildman–Crippen MR) is 86.5 cm³/mol. The number of ether oxygens (including phenoxy) is 1. The standard InChI is InChI=1S/C18H19NO5/c1-23-14-6-3-2-5-13(14)18(7-4-8-18)11-19-16(20)15-9-12(10-24-15)17(21)22/h2-3,5-6,9-10H,4,7-8,11H2,1H3,(H,19,20)(H,21,22). The Morgan fingerprint density at radius 2 is 2.08 bits per heavy atom. The lowest BCUT2D eigenvalue weighted by Crippen LogP contribution is -2.45. The number of methoxy groups -OCH3 is 1. The molecule has 126 valence electrons. The lowest BCUT2D eigenvalue weighted by atomic mass is 9.64. The number of carbonyl (C=O) groups excluding carboxylic acids is 1. The van der Waals surface area contributed by atoms with Gasteiger partial charge in [0.2, 0.25) is 0 Å². The topological polar surface area (TPSA) is 88.8 Å². The number of carboxylic acids is 1. The highest BCUT2D eigenvalue weighted by molar-refractivity contribution is 5.95. The third kappa shape index (κ3) is 2.87. The van der Waals surface area contributed by atoms with Crippen LogP contribution >= 0.6 is 0 Å². The van der Waals surface area contributed by atoms with Gasteiger partial charge in [0.15, 0.2) is 5.76 Å². The lowest BCUT2D eigenvalue weighted by molar-refractivity contribution is 0.0695. The number of furan rings is 1. The van der Waals surface area contributed by atoms with Gasteiger partial charge < -0.3 is 19.6 Å². The SMILES string of the molecule is COc1ccccc1C1(CNC(=O)c2cc(C(=O)O)co2)CCC1. The second-order valence-electron chi connectivity index (χ2n) is 6.02. The fourth-order valence-electron chi connectivity index (χ4n) is 3.13. The van der Waals surface area contributed by atoms with E-state index in [2.05, 4.69) is 5.32 Å². The zero-order valence-electron chi connectivity index (χ0n) is 13.4. The predicted octanol–water partition coefficient (Wildman–Crippen LogP) is 2.84. The third-order valence-corrected chi connectivity index (χ3v) is 4.65. The number of rotatable bonds is 6. The van der Waals surface area contributed by atoms with Crippen LogP contribution in [0.4, 0.5) is 0 Å². The number of benzene rings is 1. The second-order valence-corrected chi connectivity index (χ2v) is 6.02. The molecule has 0 bridgehead atoms. The van der Waals surface area contributed by atoms with Crippen molar-refractivity contribution in [1.29, 1.82) is 0 Å². The molecular formula is C18H19NO5. The minimum atomic E-state index is -1.12. The van der Waals surface area contributed by atoms with Crippen LogP contribution in [0.15, 0.2) is 41.0 Å². The van der Waals surface area contributed by atoms with Crippen molar-refractivity contribution >= 4 is 11.9 Å². The average molecular weight is 329 g/mol. The van der Waals surface area contributed by atoms with Gasteiger partial charge in [0.05, 0.1) is 12.7 Å². The minimum Gasteiger partial charge on any atom is -0.496 e. The number of hydrogen-bond donors (Lipinski definition) is 2. The van der Waals surface area contributed by atoms with Gasteiger partial charge >= 0.3 is 5.97 Å². The van der Waals surface area contributed by atoms with E-state index in [9.17, 15) is 9.59 Å². The highest BCUT2D eigenvalue weighted by Crippen LogP contribution is 2.46. The zero-order valence-corrected chi connectivity index (χ0v) is 13.4. The molecule has 1 aromatic carbocycles. The molecule has 0 spiro atoms. The summed E-state index contributed by atoms with van der Waals surface area (Å²) >= 11 is 0. The maximum Gasteiger partial charge on any atom is 0.338 e. The van der Waals surface area contributed by atoms with Crippen molar-refractivity contribution in [2.24, 2.45) is 0 Å². The highest BCUT2D eigenvalue weighted by atomic mass is 16.5. The van der Waals surface area contributed by atoms with Gasteiger partial charge in [0.25, 0.3) is 5.91 Å². The molecule has 1 aliphatic carbocycles. The van der Waals surface area contributed by atoms with Crippen molar-refractivity contribution in [3.63, 3.8) is 0 Å². The summed E-state index contributed by atoms with van der Waals surface area (Å²) in [5, 5.41) is 11.7. The van der Waals surface area contributed by atoms with Crippen LogP contribution in [0.5, 0.6) is 5.75 Å². The summed E-state index contributed by atoms with van der Waals surface area (Å²) in [6.07, 6.45) is 4.09. The lowest BCUT2D eigenvalue weighted by Gasteiger charge is -2.43. The van der Waals surface area contributed by atoms with Gasteiger partial charge in [0.1, 0.15) is 12.0 Å². The van der Waals surface area contributed by atoms with Crippen LogP contribution in [-0.2, 0) is 5.41 Å². The Morgan fingerprint density at radius 1 is 1.33 bits per heavy atom. The average Bonchev–Trinajstić information content (AvgIpc) is 3.04. The van der Waals surface area contributed by atoms with E-state index < -0.39 is 11.9 Å². The van der Waals surface area contributed by atoms with E-state index in [1.54, 1.807) is 7.11 Å². The number of hydrogen-bond acceptors (Lipinski definition) is 4. The van der Waals surface area contributed by atoms with Crippen LogP contribution in [0.3, 0.4) is 0 Å². The number of carboxylic acid groups (broad SMARTS) is 1. The van der Waals surface area contributed by atoms with Gasteiger partial charge in [-0.3, -0.25) is 4.79 Å². The molecule has 0 saturated heterocycles. The first-order valence-electron chi connectivity index (χ1n) is 7.79. The van der Waals surface area contributed by atoms with Gasteiger partial charge in [-0.25, -0.2) is 4.79 Å². The van der Waals surface area contributed by atoms with Crippen LogP contribution in [0.1, 0.15) is 45.7 Å². The molecule has 0 unspecified atom stereocenters. The smallest absolute Gasteiger partial charge is 0.338 e. The normalized spacial score (nSPS) is 15.4. The molecule has 0 aliphatic heterocycles. The number of carbonyl (C=O) groups is 2. The van der Waals surface area contributed by atoms with Gasteiger partial charge in [0, 0.05) is 23.6 Å². The first-order valence-corrected chi connectivity index (χ1v) is 7.79. The Bertz CT molecular complexity index is 760. The van der Waals surface area contributed by atoms with Crippen LogP contribution in [-0.4, -0.2) is 30.6 Å². The molecule has 6 nitrogen and oxygen atoms in total. The molecular weight excluding hydrogens is 310 g/mol. The molecule has 24 heavy (non-hydrogen) atoms. The van der Waals surface area contributed by atoms with E-state index in [1.807, 2.05) is 24.3 Å². The van der Waals surface area contributed by atoms with E-state index in [4.69, 9.17) is 14.3 Å². The fourth-order valence-corrected chi connectivity index (χ4v) is 3.13. The molecule has 3 rings (SSSR count). The molecule has 1 aromatic heterocycles. The molecule has 6 heteroatoms. The largest absolute Gasteiger partial charge is 0.496 e. The first-order chi connectivity index (χ1) is 11.6. The molecule has 2 aromatic rings. The molecule has 1 fully saturated rings. The van der Waals surface area contributed by atoms with Crippen molar-refractivity contribution in [2.45, 2.75) is 24.7 Å². The Balaban J connectivity index is 1.74. The van der Waals surface area contributed by atoms with E-state index in [0.29, 0.717) is 6.54 Å². The summed E-state index contributed by atoms with van der Waals surface area (Å²) in [7, 11) is 1.64. The van der Waals surface area contributed by atoms with Gasteiger partial charge in [-0.15, -0.1) is 0 Å². The van der Waals surface area contributed by atoms with Gasteiger partial charge in [-0.05, 0) is 18.9 Å². The summed E-state index contributed by atoms with van der Waals surface area (Å²) in [6, 6.07) is 9.06. The molecule has 1 saturated carbocycles. The molecule has 0 radical (unpaired) electrons. The van der Waals surface area contributed by atoms with E-state index in [0.717, 1.165) is 36.8 Å². The summed E-state index contributed by atoms with van der Waals surface area (Å²) < 4.78 is 10.5. The summed E-state index contributed by atoms with van der Waals surface area (Å²) in [6.45, 7) is 0.454. The quantitative estimate of drug-likeness (QED) is 0.851. The van der Waals surface area contributed by atoms with Crippen LogP contribution in [0, 0.1) is 0 Å². The van der Waals surface area contributed by atoms with Crippen molar-refractivity contribution in [3.05, 3.63) is 53.5 Å². The molecule has 1 aliphatic rings. The Morgan fingerprint density at radius 3 is 2.67 bits per heavy atom. The van der Waals surface area contributed by atoms with Crippen LogP contribution in [0.25, 0.3) is 0 Å². The van der Waals surface area contributed by atoms with E-state index >= 15 is 0 Å². The Hall–Kier alpha value is -2.76. The van der Waals surface area contributed by atoms with Gasteiger partial charge in [-0.1, -0.05) is 24.6 Å². The maximum atomic E-state index is 12.2. The van der Waals surface area contributed by atoms with Crippen molar-refractivity contribution in [2.75, 3.05) is 13.7 Å².